The van der Waals surface area contributed by atoms with E-state index in [0.29, 0.717) is 12.8 Å². The van der Waals surface area contributed by atoms with E-state index in [2.05, 4.69) is 10.3 Å². The maximum atomic E-state index is 14.9. The fraction of sp³-hybridized carbons (Fsp3) is 0.458. The minimum Gasteiger partial charge on any atom is -0.487 e. The van der Waals surface area contributed by atoms with Crippen molar-refractivity contribution in [2.45, 2.75) is 63.0 Å². The summed E-state index contributed by atoms with van der Waals surface area (Å²) < 4.78 is 82.4. The molecule has 1 aliphatic heterocycles. The number of ether oxygens (including phenoxy) is 2. The number of benzene rings is 1. The number of alkyl halides is 3. The molecule has 3 N–H and O–H groups in total. The standard InChI is InChI=1S/C24H24F5N3O4/c1-11-17(14-6-7-15(25)18(26)19(14)35-13-4-3-5-13)20(36-23(11,2)24(27,28)29)22(34)32-12-8-9-31-16(10-12)21(30)33/h6-11,13,17,20H,3-5H2,1-2H3,(H2,30,33)(H,31,32,34)/t11-,17+,20-,23+/m0/s1. The summed E-state index contributed by atoms with van der Waals surface area (Å²) in [4.78, 5) is 28.4. The van der Waals surface area contributed by atoms with Crippen LogP contribution in [0.3, 0.4) is 0 Å². The molecule has 1 aliphatic carbocycles. The molecular formula is C24H24F5N3O4. The molecule has 1 saturated heterocycles. The molecule has 2 aromatic rings. The first kappa shape index (κ1) is 25.8. The molecule has 0 spiro atoms. The predicted molar refractivity (Wildman–Crippen MR) is 117 cm³/mol. The predicted octanol–water partition coefficient (Wildman–Crippen LogP) is 4.47. The van der Waals surface area contributed by atoms with Crippen LogP contribution in [0.15, 0.2) is 30.5 Å². The number of primary amides is 1. The van der Waals surface area contributed by atoms with Crippen molar-refractivity contribution in [2.75, 3.05) is 5.32 Å². The number of amides is 2. The van der Waals surface area contributed by atoms with E-state index < -0.39 is 65.0 Å². The number of carbonyl (C=O) groups excluding carboxylic acids is 2. The molecule has 0 unspecified atom stereocenters. The maximum absolute atomic E-state index is 14.9. The number of halogens is 5. The molecule has 7 nitrogen and oxygen atoms in total. The van der Waals surface area contributed by atoms with Crippen LogP contribution in [0.2, 0.25) is 0 Å². The minimum atomic E-state index is -4.89. The quantitative estimate of drug-likeness (QED) is 0.555. The Morgan fingerprint density at radius 1 is 1.22 bits per heavy atom. The van der Waals surface area contributed by atoms with Gasteiger partial charge in [-0.25, -0.2) is 4.39 Å². The van der Waals surface area contributed by atoms with Crippen LogP contribution >= 0.6 is 0 Å². The molecule has 4 atom stereocenters. The van der Waals surface area contributed by atoms with Crippen molar-refractivity contribution in [3.63, 3.8) is 0 Å². The number of aromatic nitrogens is 1. The van der Waals surface area contributed by atoms with Crippen LogP contribution < -0.4 is 15.8 Å². The van der Waals surface area contributed by atoms with Gasteiger partial charge >= 0.3 is 6.18 Å². The summed E-state index contributed by atoms with van der Waals surface area (Å²) in [6.07, 6.45) is -3.89. The van der Waals surface area contributed by atoms with Crippen molar-refractivity contribution < 1.29 is 41.0 Å². The van der Waals surface area contributed by atoms with Gasteiger partial charge in [-0.15, -0.1) is 0 Å². The summed E-state index contributed by atoms with van der Waals surface area (Å²) in [6.45, 7) is 2.04. The average Bonchev–Trinajstić information content (AvgIpc) is 3.05. The number of rotatable bonds is 6. The van der Waals surface area contributed by atoms with Gasteiger partial charge in [0.05, 0.1) is 6.10 Å². The smallest absolute Gasteiger partial charge is 0.417 e. The van der Waals surface area contributed by atoms with Crippen LogP contribution in [0.1, 0.15) is 55.1 Å². The van der Waals surface area contributed by atoms with Gasteiger partial charge in [-0.3, -0.25) is 14.6 Å². The van der Waals surface area contributed by atoms with E-state index in [-0.39, 0.29) is 16.9 Å². The fourth-order valence-electron chi connectivity index (χ4n) is 4.46. The second-order valence-corrected chi connectivity index (χ2v) is 9.19. The Hall–Kier alpha value is -3.28. The highest BCUT2D eigenvalue weighted by Gasteiger charge is 2.66. The molecule has 2 aliphatic rings. The maximum Gasteiger partial charge on any atom is 0.417 e. The molecule has 0 radical (unpaired) electrons. The number of carbonyl (C=O) groups is 2. The largest absolute Gasteiger partial charge is 0.487 e. The zero-order valence-corrected chi connectivity index (χ0v) is 19.4. The second-order valence-electron chi connectivity index (χ2n) is 9.19. The lowest BCUT2D eigenvalue weighted by atomic mass is 9.76. The third-order valence-corrected chi connectivity index (χ3v) is 6.98. The second kappa shape index (κ2) is 9.30. The van der Waals surface area contributed by atoms with Crippen LogP contribution in [0.4, 0.5) is 27.6 Å². The summed E-state index contributed by atoms with van der Waals surface area (Å²) in [5.74, 6) is -7.69. The van der Waals surface area contributed by atoms with Gasteiger partial charge in [0.15, 0.2) is 17.2 Å². The molecule has 12 heteroatoms. The van der Waals surface area contributed by atoms with Gasteiger partial charge in [-0.2, -0.15) is 17.6 Å². The normalized spacial score (nSPS) is 26.4. The summed E-state index contributed by atoms with van der Waals surface area (Å²) in [5, 5.41) is 2.41. The molecule has 2 heterocycles. The van der Waals surface area contributed by atoms with Gasteiger partial charge in [0.2, 0.25) is 5.82 Å². The molecule has 1 saturated carbocycles. The van der Waals surface area contributed by atoms with E-state index >= 15 is 0 Å². The first-order valence-corrected chi connectivity index (χ1v) is 11.3. The molecule has 1 aromatic heterocycles. The van der Waals surface area contributed by atoms with E-state index in [1.807, 2.05) is 0 Å². The highest BCUT2D eigenvalue weighted by molar-refractivity contribution is 5.97. The number of hydrogen-bond acceptors (Lipinski definition) is 5. The van der Waals surface area contributed by atoms with Crippen molar-refractivity contribution in [3.8, 4) is 5.75 Å². The highest BCUT2D eigenvalue weighted by Crippen LogP contribution is 2.55. The molecule has 4 rings (SSSR count). The lowest BCUT2D eigenvalue weighted by Crippen LogP contribution is -2.47. The number of nitrogens with one attached hydrogen (secondary N) is 1. The molecule has 0 bridgehead atoms. The molecular weight excluding hydrogens is 489 g/mol. The van der Waals surface area contributed by atoms with Gasteiger partial charge in [-0.1, -0.05) is 13.0 Å². The zero-order chi connectivity index (χ0) is 26.4. The highest BCUT2D eigenvalue weighted by atomic mass is 19.4. The van der Waals surface area contributed by atoms with E-state index in [1.165, 1.54) is 19.2 Å². The number of nitrogens with two attached hydrogens (primary N) is 1. The summed E-state index contributed by atoms with van der Waals surface area (Å²) >= 11 is 0. The van der Waals surface area contributed by atoms with Crippen molar-refractivity contribution in [1.82, 2.24) is 4.98 Å². The Balaban J connectivity index is 1.76. The Morgan fingerprint density at radius 3 is 2.50 bits per heavy atom. The minimum absolute atomic E-state index is 0.0376. The molecule has 194 valence electrons. The lowest BCUT2D eigenvalue weighted by molar-refractivity contribution is -0.272. The van der Waals surface area contributed by atoms with Crippen molar-refractivity contribution in [1.29, 1.82) is 0 Å². The Kier molecular flexibility index (Phi) is 6.67. The lowest BCUT2D eigenvalue weighted by Gasteiger charge is -2.32. The third kappa shape index (κ3) is 4.49. The van der Waals surface area contributed by atoms with Crippen LogP contribution in [0.5, 0.6) is 5.75 Å². The fourth-order valence-corrected chi connectivity index (χ4v) is 4.46. The topological polar surface area (TPSA) is 104 Å². The average molecular weight is 513 g/mol. The van der Waals surface area contributed by atoms with E-state index in [4.69, 9.17) is 15.2 Å². The molecule has 1 aromatic carbocycles. The van der Waals surface area contributed by atoms with Crippen LogP contribution in [-0.2, 0) is 9.53 Å². The summed E-state index contributed by atoms with van der Waals surface area (Å²) in [7, 11) is 0. The number of nitrogens with zero attached hydrogens (tertiary/aromatic N) is 1. The Morgan fingerprint density at radius 2 is 1.92 bits per heavy atom. The zero-order valence-electron chi connectivity index (χ0n) is 19.4. The van der Waals surface area contributed by atoms with E-state index in [1.54, 1.807) is 0 Å². The van der Waals surface area contributed by atoms with Crippen LogP contribution in [-0.4, -0.2) is 40.8 Å². The number of hydrogen-bond donors (Lipinski definition) is 2. The molecule has 36 heavy (non-hydrogen) atoms. The van der Waals surface area contributed by atoms with Crippen LogP contribution in [0.25, 0.3) is 0 Å². The van der Waals surface area contributed by atoms with Gasteiger partial charge in [0, 0.05) is 29.3 Å². The third-order valence-electron chi connectivity index (χ3n) is 6.98. The Bertz CT molecular complexity index is 1190. The number of anilines is 1. The molecule has 2 fully saturated rings. The monoisotopic (exact) mass is 513 g/mol. The van der Waals surface area contributed by atoms with E-state index in [9.17, 15) is 31.5 Å². The van der Waals surface area contributed by atoms with Crippen molar-refractivity contribution in [2.24, 2.45) is 11.7 Å². The van der Waals surface area contributed by atoms with Crippen LogP contribution in [0, 0.1) is 17.6 Å². The van der Waals surface area contributed by atoms with Gasteiger partial charge in [-0.05, 0) is 44.4 Å². The van der Waals surface area contributed by atoms with Gasteiger partial charge in [0.25, 0.3) is 11.8 Å². The van der Waals surface area contributed by atoms with Crippen molar-refractivity contribution >= 4 is 17.5 Å². The van der Waals surface area contributed by atoms with Crippen molar-refractivity contribution in [3.05, 3.63) is 53.4 Å². The van der Waals surface area contributed by atoms with Gasteiger partial charge in [0.1, 0.15) is 11.8 Å². The summed E-state index contributed by atoms with van der Waals surface area (Å²) in [6, 6.07) is 4.37. The SMILES string of the molecule is C[C@H]1[C@H](c2ccc(F)c(F)c2OC2CCC2)[C@@H](C(=O)Nc2ccnc(C(N)=O)c2)O[C@@]1(C)C(F)(F)F. The number of pyridine rings is 1. The van der Waals surface area contributed by atoms with Gasteiger partial charge < -0.3 is 20.5 Å². The van der Waals surface area contributed by atoms with E-state index in [0.717, 1.165) is 31.5 Å². The first-order chi connectivity index (χ1) is 16.8. The summed E-state index contributed by atoms with van der Waals surface area (Å²) in [5.41, 5.74) is 2.16. The molecule has 2 amide bonds. The first-order valence-electron chi connectivity index (χ1n) is 11.3. The Labute approximate surface area is 203 Å².